The predicted molar refractivity (Wildman–Crippen MR) is 105 cm³/mol. The fourth-order valence-corrected chi connectivity index (χ4v) is 2.89. The van der Waals surface area contributed by atoms with Crippen molar-refractivity contribution in [1.82, 2.24) is 0 Å². The SMILES string of the molecule is O=C(Nc1cccc(C(=O)Nc2ccc(F)cc2)c1)c1cc(Cl)cc(Cl)c1. The van der Waals surface area contributed by atoms with Gasteiger partial charge in [-0.25, -0.2) is 4.39 Å². The fourth-order valence-electron chi connectivity index (χ4n) is 2.36. The van der Waals surface area contributed by atoms with E-state index in [9.17, 15) is 14.0 Å². The summed E-state index contributed by atoms with van der Waals surface area (Å²) in [5, 5.41) is 6.05. The summed E-state index contributed by atoms with van der Waals surface area (Å²) >= 11 is 11.8. The third kappa shape index (κ3) is 5.06. The van der Waals surface area contributed by atoms with Crippen LogP contribution in [-0.4, -0.2) is 11.8 Å². The zero-order chi connectivity index (χ0) is 19.4. The largest absolute Gasteiger partial charge is 0.322 e. The standard InChI is InChI=1S/C20H13Cl2FN2O2/c21-14-8-13(9-15(22)11-14)20(27)25-18-3-1-2-12(10-18)19(26)24-17-6-4-16(23)5-7-17/h1-11H,(H,24,26)(H,25,27). The minimum absolute atomic E-state index is 0.300. The van der Waals surface area contributed by atoms with Gasteiger partial charge in [0.15, 0.2) is 0 Å². The van der Waals surface area contributed by atoms with E-state index in [1.807, 2.05) is 0 Å². The Labute approximate surface area is 164 Å². The van der Waals surface area contributed by atoms with Crippen LogP contribution >= 0.6 is 23.2 Å². The van der Waals surface area contributed by atoms with Crippen molar-refractivity contribution < 1.29 is 14.0 Å². The van der Waals surface area contributed by atoms with Gasteiger partial charge in [0.2, 0.25) is 0 Å². The number of carbonyl (C=O) groups excluding carboxylic acids is 2. The van der Waals surface area contributed by atoms with E-state index >= 15 is 0 Å². The summed E-state index contributed by atoms with van der Waals surface area (Å²) in [5.74, 6) is -1.18. The first-order chi connectivity index (χ1) is 12.9. The van der Waals surface area contributed by atoms with Gasteiger partial charge in [-0.15, -0.1) is 0 Å². The summed E-state index contributed by atoms with van der Waals surface area (Å²) in [7, 11) is 0. The predicted octanol–water partition coefficient (Wildman–Crippen LogP) is 5.64. The average molecular weight is 403 g/mol. The van der Waals surface area contributed by atoms with E-state index in [1.54, 1.807) is 18.2 Å². The second-order valence-electron chi connectivity index (χ2n) is 5.65. The first-order valence-corrected chi connectivity index (χ1v) is 8.61. The maximum Gasteiger partial charge on any atom is 0.255 e. The molecule has 2 amide bonds. The lowest BCUT2D eigenvalue weighted by Crippen LogP contribution is -2.14. The van der Waals surface area contributed by atoms with Crippen molar-refractivity contribution in [3.8, 4) is 0 Å². The highest BCUT2D eigenvalue weighted by atomic mass is 35.5. The number of hydrogen-bond acceptors (Lipinski definition) is 2. The molecule has 3 aromatic carbocycles. The monoisotopic (exact) mass is 402 g/mol. The van der Waals surface area contributed by atoms with Crippen LogP contribution in [0.3, 0.4) is 0 Å². The Kier molecular flexibility index (Phi) is 5.74. The maximum atomic E-state index is 12.9. The van der Waals surface area contributed by atoms with E-state index in [0.717, 1.165) is 0 Å². The van der Waals surface area contributed by atoms with Crippen LogP contribution in [0.4, 0.5) is 15.8 Å². The third-order valence-corrected chi connectivity index (χ3v) is 4.05. The van der Waals surface area contributed by atoms with Gasteiger partial charge in [-0.2, -0.15) is 0 Å². The van der Waals surface area contributed by atoms with Crippen LogP contribution in [0.1, 0.15) is 20.7 Å². The third-order valence-electron chi connectivity index (χ3n) is 3.61. The lowest BCUT2D eigenvalue weighted by Gasteiger charge is -2.09. The molecule has 2 N–H and O–H groups in total. The molecule has 136 valence electrons. The number of benzene rings is 3. The second-order valence-corrected chi connectivity index (χ2v) is 6.53. The Hall–Kier alpha value is -2.89. The highest BCUT2D eigenvalue weighted by Crippen LogP contribution is 2.21. The Morgan fingerprint density at radius 2 is 1.30 bits per heavy atom. The first kappa shape index (κ1) is 18.9. The van der Waals surface area contributed by atoms with Gasteiger partial charge in [-0.05, 0) is 60.7 Å². The topological polar surface area (TPSA) is 58.2 Å². The van der Waals surface area contributed by atoms with Crippen LogP contribution in [0.15, 0.2) is 66.7 Å². The van der Waals surface area contributed by atoms with E-state index in [0.29, 0.717) is 32.5 Å². The quantitative estimate of drug-likeness (QED) is 0.593. The van der Waals surface area contributed by atoms with Crippen molar-refractivity contribution in [3.63, 3.8) is 0 Å². The molecule has 0 heterocycles. The van der Waals surface area contributed by atoms with Crippen LogP contribution < -0.4 is 10.6 Å². The molecule has 4 nitrogen and oxygen atoms in total. The van der Waals surface area contributed by atoms with E-state index in [2.05, 4.69) is 10.6 Å². The zero-order valence-electron chi connectivity index (χ0n) is 13.8. The van der Waals surface area contributed by atoms with Crippen molar-refractivity contribution in [2.75, 3.05) is 10.6 Å². The molecule has 0 fully saturated rings. The normalized spacial score (nSPS) is 10.3. The zero-order valence-corrected chi connectivity index (χ0v) is 15.3. The van der Waals surface area contributed by atoms with Crippen molar-refractivity contribution in [2.24, 2.45) is 0 Å². The molecule has 0 bridgehead atoms. The highest BCUT2D eigenvalue weighted by molar-refractivity contribution is 6.35. The smallest absolute Gasteiger partial charge is 0.255 e. The first-order valence-electron chi connectivity index (χ1n) is 7.85. The van der Waals surface area contributed by atoms with Gasteiger partial charge >= 0.3 is 0 Å². The molecule has 0 saturated heterocycles. The number of nitrogens with one attached hydrogen (secondary N) is 2. The summed E-state index contributed by atoms with van der Waals surface area (Å²) in [6, 6.07) is 16.4. The van der Waals surface area contributed by atoms with Crippen molar-refractivity contribution >= 4 is 46.4 Å². The van der Waals surface area contributed by atoms with Crippen LogP contribution in [0, 0.1) is 5.82 Å². The lowest BCUT2D eigenvalue weighted by atomic mass is 10.1. The van der Waals surface area contributed by atoms with Crippen LogP contribution in [0.2, 0.25) is 10.0 Å². The minimum atomic E-state index is -0.407. The van der Waals surface area contributed by atoms with Gasteiger partial charge in [0.1, 0.15) is 5.82 Å². The molecular formula is C20H13Cl2FN2O2. The second kappa shape index (κ2) is 8.20. The molecule has 7 heteroatoms. The Bertz CT molecular complexity index is 987. The summed E-state index contributed by atoms with van der Waals surface area (Å²) in [6.45, 7) is 0. The molecule has 0 aliphatic heterocycles. The van der Waals surface area contributed by atoms with Crippen LogP contribution in [-0.2, 0) is 0 Å². The molecule has 0 aliphatic rings. The molecule has 0 aliphatic carbocycles. The molecule has 0 spiro atoms. The molecule has 0 radical (unpaired) electrons. The average Bonchev–Trinajstić information content (AvgIpc) is 2.63. The Morgan fingerprint density at radius 3 is 1.96 bits per heavy atom. The lowest BCUT2D eigenvalue weighted by molar-refractivity contribution is 0.101. The van der Waals surface area contributed by atoms with Gasteiger partial charge in [0.25, 0.3) is 11.8 Å². The van der Waals surface area contributed by atoms with Gasteiger partial charge in [0.05, 0.1) is 0 Å². The number of anilines is 2. The maximum absolute atomic E-state index is 12.9. The van der Waals surface area contributed by atoms with Crippen molar-refractivity contribution in [1.29, 1.82) is 0 Å². The number of carbonyl (C=O) groups is 2. The highest BCUT2D eigenvalue weighted by Gasteiger charge is 2.11. The van der Waals surface area contributed by atoms with E-state index in [4.69, 9.17) is 23.2 Å². The van der Waals surface area contributed by atoms with Gasteiger partial charge in [0, 0.05) is 32.5 Å². The molecule has 0 aromatic heterocycles. The van der Waals surface area contributed by atoms with Gasteiger partial charge in [-0.1, -0.05) is 29.3 Å². The summed E-state index contributed by atoms with van der Waals surface area (Å²) in [4.78, 5) is 24.7. The molecular weight excluding hydrogens is 390 g/mol. The van der Waals surface area contributed by atoms with E-state index in [1.165, 1.54) is 48.5 Å². The van der Waals surface area contributed by atoms with E-state index < -0.39 is 5.91 Å². The molecule has 0 saturated carbocycles. The molecule has 27 heavy (non-hydrogen) atoms. The van der Waals surface area contributed by atoms with Gasteiger partial charge < -0.3 is 10.6 Å². The van der Waals surface area contributed by atoms with Crippen LogP contribution in [0.25, 0.3) is 0 Å². The Balaban J connectivity index is 1.73. The molecule has 3 aromatic rings. The Morgan fingerprint density at radius 1 is 0.704 bits per heavy atom. The van der Waals surface area contributed by atoms with Crippen LogP contribution in [0.5, 0.6) is 0 Å². The number of rotatable bonds is 4. The van der Waals surface area contributed by atoms with Gasteiger partial charge in [-0.3, -0.25) is 9.59 Å². The molecule has 0 unspecified atom stereocenters. The van der Waals surface area contributed by atoms with Crippen molar-refractivity contribution in [2.45, 2.75) is 0 Å². The number of halogens is 3. The summed E-state index contributed by atoms with van der Waals surface area (Å²) in [6.07, 6.45) is 0. The van der Waals surface area contributed by atoms with E-state index in [-0.39, 0.29) is 11.7 Å². The fraction of sp³-hybridized carbons (Fsp3) is 0. The minimum Gasteiger partial charge on any atom is -0.322 e. The summed E-state index contributed by atoms with van der Waals surface area (Å²) in [5.41, 5.74) is 1.53. The van der Waals surface area contributed by atoms with Crippen molar-refractivity contribution in [3.05, 3.63) is 93.7 Å². The number of hydrogen-bond donors (Lipinski definition) is 2. The molecule has 0 atom stereocenters. The molecule has 3 rings (SSSR count). The number of amides is 2. The summed E-state index contributed by atoms with van der Waals surface area (Å²) < 4.78 is 12.9.